The van der Waals surface area contributed by atoms with Gasteiger partial charge in [0.05, 0.1) is 5.02 Å². The first-order chi connectivity index (χ1) is 9.63. The molecule has 0 saturated carbocycles. The van der Waals surface area contributed by atoms with Crippen molar-refractivity contribution in [1.29, 1.82) is 0 Å². The number of rotatable bonds is 5. The van der Waals surface area contributed by atoms with Crippen molar-refractivity contribution in [2.45, 2.75) is 32.6 Å². The van der Waals surface area contributed by atoms with E-state index in [4.69, 9.17) is 11.6 Å². The molecule has 4 nitrogen and oxygen atoms in total. The molecule has 1 heterocycles. The molecule has 0 atom stereocenters. The summed E-state index contributed by atoms with van der Waals surface area (Å²) in [5, 5.41) is 3.62. The first-order valence-corrected chi connectivity index (χ1v) is 7.11. The molecule has 2 aromatic rings. The molecule has 0 bridgehead atoms. The van der Waals surface area contributed by atoms with Gasteiger partial charge in [-0.3, -0.25) is 9.59 Å². The minimum absolute atomic E-state index is 0.131. The van der Waals surface area contributed by atoms with E-state index in [0.29, 0.717) is 11.9 Å². The van der Waals surface area contributed by atoms with Crippen LogP contribution in [0.15, 0.2) is 29.1 Å². The lowest BCUT2D eigenvalue weighted by Gasteiger charge is -2.08. The van der Waals surface area contributed by atoms with Crippen molar-refractivity contribution >= 4 is 34.1 Å². The monoisotopic (exact) mass is 292 g/mol. The van der Waals surface area contributed by atoms with Gasteiger partial charge in [0.15, 0.2) is 0 Å². The number of carbonyl (C=O) groups is 1. The van der Waals surface area contributed by atoms with Gasteiger partial charge in [-0.25, -0.2) is 0 Å². The molecule has 0 radical (unpaired) electrons. The first-order valence-electron chi connectivity index (χ1n) is 6.74. The number of aromatic nitrogens is 1. The second-order valence-corrected chi connectivity index (χ2v) is 5.07. The van der Waals surface area contributed by atoms with E-state index in [1.165, 1.54) is 0 Å². The molecule has 5 heteroatoms. The van der Waals surface area contributed by atoms with Gasteiger partial charge in [-0.1, -0.05) is 49.6 Å². The first kappa shape index (κ1) is 14.6. The SMILES string of the molecule is CCCCCC(=O)Nc1c(Cl)c2ccccc2[nH]c1=O. The zero-order valence-corrected chi connectivity index (χ0v) is 12.1. The summed E-state index contributed by atoms with van der Waals surface area (Å²) in [6.45, 7) is 2.07. The Morgan fingerprint density at radius 2 is 2.05 bits per heavy atom. The summed E-state index contributed by atoms with van der Waals surface area (Å²) in [4.78, 5) is 26.5. The lowest BCUT2D eigenvalue weighted by molar-refractivity contribution is -0.116. The zero-order chi connectivity index (χ0) is 14.5. The third-order valence-electron chi connectivity index (χ3n) is 3.13. The molecule has 1 amide bonds. The van der Waals surface area contributed by atoms with Crippen LogP contribution in [0.25, 0.3) is 10.9 Å². The highest BCUT2D eigenvalue weighted by atomic mass is 35.5. The predicted molar refractivity (Wildman–Crippen MR) is 82.4 cm³/mol. The number of fused-ring (bicyclic) bond motifs is 1. The molecule has 20 heavy (non-hydrogen) atoms. The second kappa shape index (κ2) is 6.57. The van der Waals surface area contributed by atoms with Gasteiger partial charge in [0, 0.05) is 17.3 Å². The van der Waals surface area contributed by atoms with E-state index in [9.17, 15) is 9.59 Å². The molecule has 0 aliphatic carbocycles. The van der Waals surface area contributed by atoms with Gasteiger partial charge in [-0.15, -0.1) is 0 Å². The fourth-order valence-electron chi connectivity index (χ4n) is 2.05. The Morgan fingerprint density at radius 1 is 1.30 bits per heavy atom. The molecule has 0 fully saturated rings. The van der Waals surface area contributed by atoms with Crippen LogP contribution in [0.3, 0.4) is 0 Å². The van der Waals surface area contributed by atoms with Crippen LogP contribution in [0.5, 0.6) is 0 Å². The van der Waals surface area contributed by atoms with Crippen LogP contribution < -0.4 is 10.9 Å². The number of amides is 1. The Hall–Kier alpha value is -1.81. The quantitative estimate of drug-likeness (QED) is 0.825. The summed E-state index contributed by atoms with van der Waals surface area (Å²) >= 11 is 6.22. The molecule has 1 aromatic carbocycles. The van der Waals surface area contributed by atoms with E-state index >= 15 is 0 Å². The maximum Gasteiger partial charge on any atom is 0.273 e. The molecular formula is C15H17ClN2O2. The van der Waals surface area contributed by atoms with Crippen molar-refractivity contribution in [2.24, 2.45) is 0 Å². The molecule has 0 unspecified atom stereocenters. The highest BCUT2D eigenvalue weighted by molar-refractivity contribution is 6.38. The molecule has 0 saturated heterocycles. The number of anilines is 1. The summed E-state index contributed by atoms with van der Waals surface area (Å²) in [7, 11) is 0. The Balaban J connectivity index is 2.26. The van der Waals surface area contributed by atoms with Gasteiger partial charge in [0.1, 0.15) is 5.69 Å². The number of hydrogen-bond donors (Lipinski definition) is 2. The van der Waals surface area contributed by atoms with E-state index in [1.807, 2.05) is 12.1 Å². The van der Waals surface area contributed by atoms with E-state index in [0.717, 1.165) is 24.6 Å². The Bertz CT molecular complexity index is 679. The second-order valence-electron chi connectivity index (χ2n) is 4.69. The van der Waals surface area contributed by atoms with Crippen molar-refractivity contribution < 1.29 is 4.79 Å². The lowest BCUT2D eigenvalue weighted by atomic mass is 10.2. The molecule has 2 N–H and O–H groups in total. The zero-order valence-electron chi connectivity index (χ0n) is 11.3. The van der Waals surface area contributed by atoms with Gasteiger partial charge in [-0.05, 0) is 12.5 Å². The molecule has 106 valence electrons. The Kier molecular flexibility index (Phi) is 4.79. The van der Waals surface area contributed by atoms with Crippen LogP contribution in [0, 0.1) is 0 Å². The number of para-hydroxylation sites is 1. The number of H-pyrrole nitrogens is 1. The fraction of sp³-hybridized carbons (Fsp3) is 0.333. The van der Waals surface area contributed by atoms with E-state index in [2.05, 4.69) is 17.2 Å². The van der Waals surface area contributed by atoms with Crippen LogP contribution in [-0.2, 0) is 4.79 Å². The Morgan fingerprint density at radius 3 is 2.80 bits per heavy atom. The molecule has 0 aliphatic rings. The topological polar surface area (TPSA) is 62.0 Å². The third kappa shape index (κ3) is 3.20. The molecule has 1 aromatic heterocycles. The standard InChI is InChI=1S/C15H17ClN2O2/c1-2-3-4-9-12(19)18-14-13(16)10-7-5-6-8-11(10)17-15(14)20/h5-8H,2-4,9H2,1H3,(H,17,20)(H,18,19). The molecule has 0 spiro atoms. The highest BCUT2D eigenvalue weighted by Crippen LogP contribution is 2.26. The maximum absolute atomic E-state index is 12.0. The smallest absolute Gasteiger partial charge is 0.273 e. The van der Waals surface area contributed by atoms with E-state index in [-0.39, 0.29) is 22.2 Å². The number of unbranched alkanes of at least 4 members (excludes halogenated alkanes) is 2. The molecular weight excluding hydrogens is 276 g/mol. The largest absolute Gasteiger partial charge is 0.320 e. The van der Waals surface area contributed by atoms with Gasteiger partial charge < -0.3 is 10.3 Å². The summed E-state index contributed by atoms with van der Waals surface area (Å²) < 4.78 is 0. The maximum atomic E-state index is 12.0. The van der Waals surface area contributed by atoms with E-state index in [1.54, 1.807) is 12.1 Å². The van der Waals surface area contributed by atoms with Crippen LogP contribution in [0.1, 0.15) is 32.6 Å². The number of carbonyl (C=O) groups excluding carboxylic acids is 1. The average molecular weight is 293 g/mol. The number of benzene rings is 1. The van der Waals surface area contributed by atoms with Crippen molar-refractivity contribution in [3.63, 3.8) is 0 Å². The number of halogens is 1. The summed E-state index contributed by atoms with van der Waals surface area (Å²) in [6, 6.07) is 7.23. The summed E-state index contributed by atoms with van der Waals surface area (Å²) in [6.07, 6.45) is 3.25. The summed E-state index contributed by atoms with van der Waals surface area (Å²) in [5.41, 5.74) is 0.413. The van der Waals surface area contributed by atoms with Crippen LogP contribution in [0.4, 0.5) is 5.69 Å². The third-order valence-corrected chi connectivity index (χ3v) is 3.52. The minimum atomic E-state index is -0.377. The lowest BCUT2D eigenvalue weighted by Crippen LogP contribution is -2.20. The van der Waals surface area contributed by atoms with E-state index < -0.39 is 0 Å². The Labute approximate surface area is 122 Å². The molecule has 2 rings (SSSR count). The van der Waals surface area contributed by atoms with Crippen LogP contribution in [-0.4, -0.2) is 10.9 Å². The fourth-order valence-corrected chi connectivity index (χ4v) is 2.35. The number of pyridine rings is 1. The van der Waals surface area contributed by atoms with Crippen molar-refractivity contribution in [1.82, 2.24) is 4.98 Å². The van der Waals surface area contributed by atoms with Gasteiger partial charge in [-0.2, -0.15) is 0 Å². The summed E-state index contributed by atoms with van der Waals surface area (Å²) in [5.74, 6) is -0.180. The van der Waals surface area contributed by atoms with Crippen molar-refractivity contribution in [2.75, 3.05) is 5.32 Å². The number of aromatic amines is 1. The average Bonchev–Trinajstić information content (AvgIpc) is 2.44. The normalized spacial score (nSPS) is 10.7. The van der Waals surface area contributed by atoms with Crippen molar-refractivity contribution in [3.8, 4) is 0 Å². The van der Waals surface area contributed by atoms with Crippen molar-refractivity contribution in [3.05, 3.63) is 39.6 Å². The van der Waals surface area contributed by atoms with Gasteiger partial charge in [0.2, 0.25) is 5.91 Å². The highest BCUT2D eigenvalue weighted by Gasteiger charge is 2.13. The van der Waals surface area contributed by atoms with Gasteiger partial charge in [0.25, 0.3) is 5.56 Å². The predicted octanol–water partition coefficient (Wildman–Crippen LogP) is 3.70. The number of nitrogens with one attached hydrogen (secondary N) is 2. The van der Waals surface area contributed by atoms with Crippen LogP contribution >= 0.6 is 11.6 Å². The van der Waals surface area contributed by atoms with Gasteiger partial charge >= 0.3 is 0 Å². The molecule has 0 aliphatic heterocycles. The van der Waals surface area contributed by atoms with Crippen LogP contribution in [0.2, 0.25) is 5.02 Å². The number of hydrogen-bond acceptors (Lipinski definition) is 2. The minimum Gasteiger partial charge on any atom is -0.320 e.